The van der Waals surface area contributed by atoms with Crippen LogP contribution in [0.15, 0.2) is 18.2 Å². The van der Waals surface area contributed by atoms with Crippen molar-refractivity contribution in [1.82, 2.24) is 0 Å². The summed E-state index contributed by atoms with van der Waals surface area (Å²) in [5.74, 6) is -0.356. The minimum atomic E-state index is -3.50. The van der Waals surface area contributed by atoms with Gasteiger partial charge in [-0.3, -0.25) is 0 Å². The number of rotatable bonds is 5. The molecule has 1 atom stereocenters. The van der Waals surface area contributed by atoms with E-state index < -0.39 is 10.0 Å². The van der Waals surface area contributed by atoms with E-state index in [0.29, 0.717) is 5.75 Å². The first-order valence-corrected chi connectivity index (χ1v) is 6.89. The van der Waals surface area contributed by atoms with Gasteiger partial charge in [0.25, 0.3) is 0 Å². The van der Waals surface area contributed by atoms with Gasteiger partial charge in [-0.1, -0.05) is 13.0 Å². The maximum Gasteiger partial charge on any atom is 0.209 e. The van der Waals surface area contributed by atoms with Crippen molar-refractivity contribution in [2.24, 2.45) is 11.1 Å². The highest BCUT2D eigenvalue weighted by molar-refractivity contribution is 7.89. The van der Waals surface area contributed by atoms with Crippen LogP contribution < -0.4 is 9.88 Å². The Bertz CT molecular complexity index is 487. The Morgan fingerprint density at radius 3 is 2.71 bits per heavy atom. The Labute approximate surface area is 101 Å². The average molecular weight is 261 g/mol. The SMILES string of the molecule is Cc1ccc(F)cc1OCC(C)CS(N)(=O)=O. The summed E-state index contributed by atoms with van der Waals surface area (Å²) in [6.45, 7) is 3.68. The van der Waals surface area contributed by atoms with Crippen LogP contribution in [-0.2, 0) is 10.0 Å². The number of hydrogen-bond acceptors (Lipinski definition) is 3. The number of nitrogens with two attached hydrogens (primary N) is 1. The van der Waals surface area contributed by atoms with Gasteiger partial charge >= 0.3 is 0 Å². The molecular formula is C11H16FNO3S. The molecule has 1 aromatic carbocycles. The highest BCUT2D eigenvalue weighted by Crippen LogP contribution is 2.19. The molecule has 0 aromatic heterocycles. The standard InChI is InChI=1S/C11H16FNO3S/c1-8(7-17(13,14)15)6-16-11-5-10(12)4-3-9(11)2/h3-5,8H,6-7H2,1-2H3,(H2,13,14,15). The molecular weight excluding hydrogens is 245 g/mol. The lowest BCUT2D eigenvalue weighted by Gasteiger charge is -2.13. The van der Waals surface area contributed by atoms with Gasteiger partial charge in [0.1, 0.15) is 11.6 Å². The normalized spacial score (nSPS) is 13.4. The van der Waals surface area contributed by atoms with Gasteiger partial charge in [0.05, 0.1) is 12.4 Å². The molecule has 0 radical (unpaired) electrons. The second kappa shape index (κ2) is 5.46. The van der Waals surface area contributed by atoms with Crippen LogP contribution in [0.5, 0.6) is 5.75 Å². The minimum absolute atomic E-state index is 0.151. The molecule has 0 fully saturated rings. The molecule has 0 bridgehead atoms. The quantitative estimate of drug-likeness (QED) is 0.872. The summed E-state index contributed by atoms with van der Waals surface area (Å²) < 4.78 is 40.0. The summed E-state index contributed by atoms with van der Waals surface area (Å²) in [7, 11) is -3.50. The van der Waals surface area contributed by atoms with E-state index in [9.17, 15) is 12.8 Å². The monoisotopic (exact) mass is 261 g/mol. The van der Waals surface area contributed by atoms with Crippen molar-refractivity contribution in [3.63, 3.8) is 0 Å². The molecule has 4 nitrogen and oxygen atoms in total. The third kappa shape index (κ3) is 5.14. The Morgan fingerprint density at radius 2 is 2.12 bits per heavy atom. The largest absolute Gasteiger partial charge is 0.493 e. The van der Waals surface area contributed by atoms with E-state index in [1.807, 2.05) is 0 Å². The predicted molar refractivity (Wildman–Crippen MR) is 63.8 cm³/mol. The number of aryl methyl sites for hydroxylation is 1. The number of ether oxygens (including phenoxy) is 1. The second-order valence-corrected chi connectivity index (χ2v) is 5.81. The van der Waals surface area contributed by atoms with Crippen LogP contribution in [0.2, 0.25) is 0 Å². The van der Waals surface area contributed by atoms with E-state index >= 15 is 0 Å². The van der Waals surface area contributed by atoms with Gasteiger partial charge in [0, 0.05) is 12.0 Å². The maximum absolute atomic E-state index is 12.9. The molecule has 1 rings (SSSR count). The first kappa shape index (κ1) is 13.9. The minimum Gasteiger partial charge on any atom is -0.493 e. The summed E-state index contributed by atoms with van der Waals surface area (Å²) >= 11 is 0. The third-order valence-corrected chi connectivity index (χ3v) is 3.22. The first-order valence-electron chi connectivity index (χ1n) is 5.17. The molecule has 0 aliphatic rings. The highest BCUT2D eigenvalue weighted by atomic mass is 32.2. The van der Waals surface area contributed by atoms with Crippen LogP contribution >= 0.6 is 0 Å². The molecule has 1 unspecified atom stereocenters. The molecule has 0 spiro atoms. The van der Waals surface area contributed by atoms with Gasteiger partial charge in [-0.25, -0.2) is 17.9 Å². The fourth-order valence-corrected chi connectivity index (χ4v) is 2.30. The topological polar surface area (TPSA) is 69.4 Å². The van der Waals surface area contributed by atoms with Gasteiger partial charge in [0.15, 0.2) is 0 Å². The van der Waals surface area contributed by atoms with Gasteiger partial charge in [-0.05, 0) is 18.6 Å². The molecule has 17 heavy (non-hydrogen) atoms. The van der Waals surface area contributed by atoms with Crippen molar-refractivity contribution in [3.8, 4) is 5.75 Å². The van der Waals surface area contributed by atoms with Crippen LogP contribution in [0, 0.1) is 18.7 Å². The number of primary sulfonamides is 1. The van der Waals surface area contributed by atoms with E-state index in [1.54, 1.807) is 19.9 Å². The molecule has 96 valence electrons. The van der Waals surface area contributed by atoms with Crippen molar-refractivity contribution in [3.05, 3.63) is 29.6 Å². The van der Waals surface area contributed by atoms with Crippen LogP contribution in [-0.4, -0.2) is 20.8 Å². The summed E-state index contributed by atoms with van der Waals surface area (Å²) in [6, 6.07) is 4.23. The zero-order valence-electron chi connectivity index (χ0n) is 9.81. The highest BCUT2D eigenvalue weighted by Gasteiger charge is 2.12. The van der Waals surface area contributed by atoms with Gasteiger partial charge in [-0.15, -0.1) is 0 Å². The van der Waals surface area contributed by atoms with Gasteiger partial charge in [-0.2, -0.15) is 0 Å². The van der Waals surface area contributed by atoms with Crippen molar-refractivity contribution < 1.29 is 17.5 Å². The third-order valence-electron chi connectivity index (χ3n) is 2.19. The van der Waals surface area contributed by atoms with Crippen LogP contribution in [0.4, 0.5) is 4.39 Å². The number of benzene rings is 1. The lowest BCUT2D eigenvalue weighted by atomic mass is 10.2. The van der Waals surface area contributed by atoms with Crippen LogP contribution in [0.25, 0.3) is 0 Å². The van der Waals surface area contributed by atoms with E-state index in [1.165, 1.54) is 12.1 Å². The maximum atomic E-state index is 12.9. The first-order chi connectivity index (χ1) is 7.78. The Morgan fingerprint density at radius 1 is 1.47 bits per heavy atom. The van der Waals surface area contributed by atoms with Crippen molar-refractivity contribution in [2.45, 2.75) is 13.8 Å². The van der Waals surface area contributed by atoms with E-state index in [2.05, 4.69) is 0 Å². The summed E-state index contributed by atoms with van der Waals surface area (Å²) in [5, 5.41) is 4.92. The molecule has 0 heterocycles. The lowest BCUT2D eigenvalue weighted by molar-refractivity contribution is 0.269. The van der Waals surface area contributed by atoms with Crippen molar-refractivity contribution >= 4 is 10.0 Å². The van der Waals surface area contributed by atoms with Gasteiger partial charge < -0.3 is 4.74 Å². The molecule has 6 heteroatoms. The fourth-order valence-electron chi connectivity index (χ4n) is 1.41. The number of hydrogen-bond donors (Lipinski definition) is 1. The lowest BCUT2D eigenvalue weighted by Crippen LogP contribution is -2.25. The Balaban J connectivity index is 2.58. The van der Waals surface area contributed by atoms with Crippen molar-refractivity contribution in [2.75, 3.05) is 12.4 Å². The van der Waals surface area contributed by atoms with Crippen molar-refractivity contribution in [1.29, 1.82) is 0 Å². The predicted octanol–water partition coefficient (Wildman–Crippen LogP) is 1.44. The van der Waals surface area contributed by atoms with E-state index in [0.717, 1.165) is 5.56 Å². The molecule has 0 aliphatic heterocycles. The Kier molecular flexibility index (Phi) is 4.47. The molecule has 2 N–H and O–H groups in total. The Hall–Kier alpha value is -1.14. The van der Waals surface area contributed by atoms with Crippen LogP contribution in [0.1, 0.15) is 12.5 Å². The smallest absolute Gasteiger partial charge is 0.209 e. The van der Waals surface area contributed by atoms with Crippen LogP contribution in [0.3, 0.4) is 0 Å². The zero-order chi connectivity index (χ0) is 13.1. The number of halogens is 1. The van der Waals surface area contributed by atoms with E-state index in [4.69, 9.17) is 9.88 Å². The summed E-state index contributed by atoms with van der Waals surface area (Å²) in [5.41, 5.74) is 0.800. The average Bonchev–Trinajstić information content (AvgIpc) is 2.17. The summed E-state index contributed by atoms with van der Waals surface area (Å²) in [6.07, 6.45) is 0. The molecule has 1 aromatic rings. The molecule has 0 saturated carbocycles. The van der Waals surface area contributed by atoms with E-state index in [-0.39, 0.29) is 24.1 Å². The number of sulfonamides is 1. The fraction of sp³-hybridized carbons (Fsp3) is 0.455. The molecule has 0 amide bonds. The molecule has 0 aliphatic carbocycles. The molecule has 0 saturated heterocycles. The zero-order valence-corrected chi connectivity index (χ0v) is 10.6. The van der Waals surface area contributed by atoms with Gasteiger partial charge in [0.2, 0.25) is 10.0 Å². The summed E-state index contributed by atoms with van der Waals surface area (Å²) in [4.78, 5) is 0. The second-order valence-electron chi connectivity index (χ2n) is 4.16.